The molecule has 0 saturated heterocycles. The number of para-hydroxylation sites is 1. The van der Waals surface area contributed by atoms with Crippen LogP contribution in [-0.4, -0.2) is 23.7 Å². The molecule has 0 aliphatic carbocycles. The maximum atomic E-state index is 11.6. The van der Waals surface area contributed by atoms with Gasteiger partial charge in [0, 0.05) is 13.0 Å². The molecule has 2 rings (SSSR count). The molecule has 0 spiro atoms. The van der Waals surface area contributed by atoms with Crippen LogP contribution in [0.5, 0.6) is 5.75 Å². The van der Waals surface area contributed by atoms with E-state index < -0.39 is 6.10 Å². The van der Waals surface area contributed by atoms with Crippen LogP contribution in [0.25, 0.3) is 0 Å². The van der Waals surface area contributed by atoms with Crippen LogP contribution in [0.2, 0.25) is 0 Å². The maximum Gasteiger partial charge on any atom is 0.265 e. The number of ether oxygens (including phenoxy) is 1. The first-order chi connectivity index (χ1) is 7.22. The van der Waals surface area contributed by atoms with Crippen molar-refractivity contribution in [2.24, 2.45) is 0 Å². The number of fused-ring (bicyclic) bond motifs is 1. The minimum Gasteiger partial charge on any atom is -0.478 e. The van der Waals surface area contributed by atoms with Gasteiger partial charge in [0.15, 0.2) is 6.10 Å². The summed E-state index contributed by atoms with van der Waals surface area (Å²) in [4.78, 5) is 11.6. The van der Waals surface area contributed by atoms with Gasteiger partial charge in [-0.2, -0.15) is 0 Å². The highest BCUT2D eigenvalue weighted by Gasteiger charge is 2.27. The van der Waals surface area contributed by atoms with Crippen molar-refractivity contribution >= 4 is 11.6 Å². The predicted molar refractivity (Wildman–Crippen MR) is 55.9 cm³/mol. The Morgan fingerprint density at radius 3 is 3.07 bits per heavy atom. The second kappa shape index (κ2) is 3.90. The molecule has 1 aromatic carbocycles. The molecular formula is C11H13NO3. The monoisotopic (exact) mass is 207 g/mol. The molecule has 0 bridgehead atoms. The van der Waals surface area contributed by atoms with E-state index in [1.165, 1.54) is 0 Å². The van der Waals surface area contributed by atoms with E-state index in [0.717, 1.165) is 11.3 Å². The zero-order valence-electron chi connectivity index (χ0n) is 8.49. The van der Waals surface area contributed by atoms with Gasteiger partial charge in [-0.15, -0.1) is 0 Å². The Hall–Kier alpha value is -1.55. The van der Waals surface area contributed by atoms with Crippen LogP contribution in [0.15, 0.2) is 18.2 Å². The van der Waals surface area contributed by atoms with Crippen molar-refractivity contribution in [1.82, 2.24) is 0 Å². The molecule has 1 aromatic rings. The third-order valence-corrected chi connectivity index (χ3v) is 2.44. The lowest BCUT2D eigenvalue weighted by Crippen LogP contribution is -2.37. The summed E-state index contributed by atoms with van der Waals surface area (Å²) in [6.45, 7) is 1.86. The highest BCUT2D eigenvalue weighted by molar-refractivity contribution is 5.98. The molecule has 1 atom stereocenters. The minimum atomic E-state index is -0.579. The number of anilines is 1. The van der Waals surface area contributed by atoms with E-state index in [-0.39, 0.29) is 12.5 Å². The summed E-state index contributed by atoms with van der Waals surface area (Å²) in [5, 5.41) is 11.6. The van der Waals surface area contributed by atoms with Crippen LogP contribution in [0.3, 0.4) is 0 Å². The van der Waals surface area contributed by atoms with Crippen molar-refractivity contribution in [3.63, 3.8) is 0 Å². The number of hydrogen-bond donors (Lipinski definition) is 2. The molecule has 15 heavy (non-hydrogen) atoms. The van der Waals surface area contributed by atoms with Crippen molar-refractivity contribution in [3.05, 3.63) is 23.8 Å². The van der Waals surface area contributed by atoms with E-state index in [4.69, 9.17) is 9.84 Å². The Labute approximate surface area is 87.9 Å². The third kappa shape index (κ3) is 1.80. The largest absolute Gasteiger partial charge is 0.478 e. The van der Waals surface area contributed by atoms with Crippen LogP contribution in [-0.2, 0) is 4.79 Å². The quantitative estimate of drug-likeness (QED) is 0.762. The lowest BCUT2D eigenvalue weighted by molar-refractivity contribution is -0.124. The first kappa shape index (κ1) is 9.98. The van der Waals surface area contributed by atoms with Crippen LogP contribution in [0.1, 0.15) is 12.0 Å². The fraction of sp³-hybridized carbons (Fsp3) is 0.364. The SMILES string of the molecule is Cc1cccc2c1NC(=O)C(CCO)O2. The van der Waals surface area contributed by atoms with Crippen LogP contribution >= 0.6 is 0 Å². The van der Waals surface area contributed by atoms with Crippen LogP contribution in [0, 0.1) is 6.92 Å². The van der Waals surface area contributed by atoms with E-state index in [9.17, 15) is 4.79 Å². The number of aliphatic hydroxyl groups excluding tert-OH is 1. The van der Waals surface area contributed by atoms with Crippen molar-refractivity contribution in [1.29, 1.82) is 0 Å². The molecule has 4 nitrogen and oxygen atoms in total. The number of aryl methyl sites for hydroxylation is 1. The lowest BCUT2D eigenvalue weighted by Gasteiger charge is -2.26. The molecule has 2 N–H and O–H groups in total. The Morgan fingerprint density at radius 1 is 1.53 bits per heavy atom. The molecule has 1 unspecified atom stereocenters. The van der Waals surface area contributed by atoms with Crippen LogP contribution in [0.4, 0.5) is 5.69 Å². The summed E-state index contributed by atoms with van der Waals surface area (Å²) in [7, 11) is 0. The molecular weight excluding hydrogens is 194 g/mol. The Bertz CT molecular complexity index is 389. The summed E-state index contributed by atoms with van der Waals surface area (Å²) in [5.74, 6) is 0.485. The first-order valence-corrected chi connectivity index (χ1v) is 4.90. The van der Waals surface area contributed by atoms with Crippen molar-refractivity contribution in [2.45, 2.75) is 19.4 Å². The number of hydrogen-bond acceptors (Lipinski definition) is 3. The van der Waals surface area contributed by atoms with E-state index in [1.807, 2.05) is 25.1 Å². The summed E-state index contributed by atoms with van der Waals surface area (Å²) in [6, 6.07) is 5.60. The topological polar surface area (TPSA) is 58.6 Å². The minimum absolute atomic E-state index is 0.0563. The van der Waals surface area contributed by atoms with Gasteiger partial charge in [0.05, 0.1) is 5.69 Å². The van der Waals surface area contributed by atoms with Gasteiger partial charge in [-0.1, -0.05) is 12.1 Å². The molecule has 1 amide bonds. The summed E-state index contributed by atoms with van der Waals surface area (Å²) in [6.07, 6.45) is -0.261. The Kier molecular flexibility index (Phi) is 2.60. The molecule has 1 aliphatic heterocycles. The van der Waals surface area contributed by atoms with Gasteiger partial charge in [-0.05, 0) is 18.6 Å². The zero-order valence-corrected chi connectivity index (χ0v) is 8.49. The standard InChI is InChI=1S/C11H13NO3/c1-7-3-2-4-8-10(7)12-11(14)9(15-8)5-6-13/h2-4,9,13H,5-6H2,1H3,(H,12,14). The first-order valence-electron chi connectivity index (χ1n) is 4.90. The lowest BCUT2D eigenvalue weighted by atomic mass is 10.1. The molecule has 0 fully saturated rings. The van der Waals surface area contributed by atoms with E-state index in [2.05, 4.69) is 5.32 Å². The van der Waals surface area contributed by atoms with E-state index in [0.29, 0.717) is 12.2 Å². The Balaban J connectivity index is 2.30. The molecule has 0 saturated carbocycles. The summed E-state index contributed by atoms with van der Waals surface area (Å²) < 4.78 is 5.49. The summed E-state index contributed by atoms with van der Waals surface area (Å²) >= 11 is 0. The highest BCUT2D eigenvalue weighted by Crippen LogP contribution is 2.32. The number of amides is 1. The van der Waals surface area contributed by atoms with Gasteiger partial charge in [-0.3, -0.25) is 4.79 Å². The average molecular weight is 207 g/mol. The smallest absolute Gasteiger partial charge is 0.265 e. The van der Waals surface area contributed by atoms with Gasteiger partial charge in [0.2, 0.25) is 0 Å². The normalized spacial score (nSPS) is 19.1. The molecule has 1 heterocycles. The van der Waals surface area contributed by atoms with Gasteiger partial charge in [0.1, 0.15) is 5.75 Å². The van der Waals surface area contributed by atoms with Gasteiger partial charge < -0.3 is 15.2 Å². The third-order valence-electron chi connectivity index (χ3n) is 2.44. The number of carbonyl (C=O) groups excluding carboxylic acids is 1. The fourth-order valence-electron chi connectivity index (χ4n) is 1.62. The number of benzene rings is 1. The number of carbonyl (C=O) groups is 1. The van der Waals surface area contributed by atoms with Gasteiger partial charge in [0.25, 0.3) is 5.91 Å². The molecule has 80 valence electrons. The summed E-state index contributed by atoms with van der Waals surface area (Å²) in [5.41, 5.74) is 1.71. The second-order valence-corrected chi connectivity index (χ2v) is 3.56. The zero-order chi connectivity index (χ0) is 10.8. The number of nitrogens with one attached hydrogen (secondary N) is 1. The predicted octanol–water partition coefficient (Wildman–Crippen LogP) is 1.08. The molecule has 1 aliphatic rings. The molecule has 0 radical (unpaired) electrons. The van der Waals surface area contributed by atoms with Crippen molar-refractivity contribution in [3.8, 4) is 5.75 Å². The van der Waals surface area contributed by atoms with E-state index >= 15 is 0 Å². The highest BCUT2D eigenvalue weighted by atomic mass is 16.5. The molecule has 4 heteroatoms. The van der Waals surface area contributed by atoms with E-state index in [1.54, 1.807) is 0 Å². The van der Waals surface area contributed by atoms with Gasteiger partial charge in [-0.25, -0.2) is 0 Å². The molecule has 0 aromatic heterocycles. The van der Waals surface area contributed by atoms with Crippen molar-refractivity contribution < 1.29 is 14.6 Å². The van der Waals surface area contributed by atoms with Crippen LogP contribution < -0.4 is 10.1 Å². The number of aliphatic hydroxyl groups is 1. The van der Waals surface area contributed by atoms with Gasteiger partial charge >= 0.3 is 0 Å². The Morgan fingerprint density at radius 2 is 2.33 bits per heavy atom. The second-order valence-electron chi connectivity index (χ2n) is 3.56. The van der Waals surface area contributed by atoms with Crippen molar-refractivity contribution in [2.75, 3.05) is 11.9 Å². The number of rotatable bonds is 2. The fourth-order valence-corrected chi connectivity index (χ4v) is 1.62. The maximum absolute atomic E-state index is 11.6. The average Bonchev–Trinajstić information content (AvgIpc) is 2.21.